The Labute approximate surface area is 95.9 Å². The number of hydrogen-bond acceptors (Lipinski definition) is 3. The Kier molecular flexibility index (Phi) is 4.30. The van der Waals surface area contributed by atoms with Crippen LogP contribution in [-0.2, 0) is 7.05 Å². The number of nitrogens with one attached hydrogen (secondary N) is 2. The van der Waals surface area contributed by atoms with Crippen LogP contribution in [0, 0.1) is 12.8 Å². The lowest BCUT2D eigenvalue weighted by Crippen LogP contribution is -2.36. The summed E-state index contributed by atoms with van der Waals surface area (Å²) in [6.45, 7) is 6.87. The summed E-state index contributed by atoms with van der Waals surface area (Å²) in [5.74, 6) is 6.45. The quantitative estimate of drug-likeness (QED) is 0.304. The number of nitrogens with two attached hydrogens (primary N) is 1. The van der Waals surface area contributed by atoms with Gasteiger partial charge >= 0.3 is 0 Å². The van der Waals surface area contributed by atoms with Crippen LogP contribution in [0.5, 0.6) is 0 Å². The van der Waals surface area contributed by atoms with E-state index in [4.69, 9.17) is 5.84 Å². The van der Waals surface area contributed by atoms with E-state index in [0.717, 1.165) is 17.9 Å². The predicted octanol–water partition coefficient (Wildman–Crippen LogP) is 0.616. The standard InChI is InChI=1S/C10H20N6/c1-7(2)5-12-10(14-11)13-9-6-16(4)15-8(9)3/h6-7H,5,11H2,1-4H3,(H2,12,13,14). The molecule has 6 heteroatoms. The number of anilines is 1. The van der Waals surface area contributed by atoms with Gasteiger partial charge in [-0.3, -0.25) is 15.1 Å². The lowest BCUT2D eigenvalue weighted by Gasteiger charge is -2.08. The van der Waals surface area contributed by atoms with Crippen LogP contribution >= 0.6 is 0 Å². The number of aliphatic imine (C=N–C) groups is 1. The zero-order chi connectivity index (χ0) is 12.1. The Bertz CT molecular complexity index is 365. The maximum Gasteiger partial charge on any atom is 0.210 e. The van der Waals surface area contributed by atoms with E-state index in [-0.39, 0.29) is 0 Å². The van der Waals surface area contributed by atoms with Gasteiger partial charge in [-0.15, -0.1) is 0 Å². The minimum absolute atomic E-state index is 0.500. The van der Waals surface area contributed by atoms with Crippen LogP contribution in [0.15, 0.2) is 11.2 Å². The van der Waals surface area contributed by atoms with Crippen molar-refractivity contribution in [2.45, 2.75) is 20.8 Å². The molecule has 4 N–H and O–H groups in total. The first-order valence-electron chi connectivity index (χ1n) is 5.31. The second-order valence-corrected chi connectivity index (χ2v) is 4.15. The normalized spacial score (nSPS) is 12.0. The predicted molar refractivity (Wildman–Crippen MR) is 66.0 cm³/mol. The average Bonchev–Trinajstić information content (AvgIpc) is 2.51. The fourth-order valence-corrected chi connectivity index (χ4v) is 1.24. The minimum atomic E-state index is 0.500. The van der Waals surface area contributed by atoms with E-state index < -0.39 is 0 Å². The molecule has 1 rings (SSSR count). The highest BCUT2D eigenvalue weighted by Crippen LogP contribution is 2.10. The first-order chi connectivity index (χ1) is 7.52. The van der Waals surface area contributed by atoms with Crippen LogP contribution in [0.2, 0.25) is 0 Å². The van der Waals surface area contributed by atoms with E-state index in [1.165, 1.54) is 0 Å². The van der Waals surface area contributed by atoms with Crippen molar-refractivity contribution < 1.29 is 0 Å². The molecule has 16 heavy (non-hydrogen) atoms. The minimum Gasteiger partial charge on any atom is -0.322 e. The number of hydrazine groups is 1. The summed E-state index contributed by atoms with van der Waals surface area (Å²) in [4.78, 5) is 4.32. The summed E-state index contributed by atoms with van der Waals surface area (Å²) < 4.78 is 1.74. The van der Waals surface area contributed by atoms with Gasteiger partial charge in [-0.2, -0.15) is 5.10 Å². The smallest absolute Gasteiger partial charge is 0.210 e. The van der Waals surface area contributed by atoms with Gasteiger partial charge in [0.2, 0.25) is 5.96 Å². The van der Waals surface area contributed by atoms with Crippen molar-refractivity contribution in [2.75, 3.05) is 11.9 Å². The van der Waals surface area contributed by atoms with Crippen LogP contribution in [0.3, 0.4) is 0 Å². The van der Waals surface area contributed by atoms with Gasteiger partial charge in [-0.05, 0) is 12.8 Å². The molecule has 0 radical (unpaired) electrons. The SMILES string of the molecule is Cc1nn(C)cc1NC(=NCC(C)C)NN. The molecule has 0 spiro atoms. The van der Waals surface area contributed by atoms with Crippen LogP contribution in [0.1, 0.15) is 19.5 Å². The van der Waals surface area contributed by atoms with E-state index in [0.29, 0.717) is 11.9 Å². The van der Waals surface area contributed by atoms with Crippen LogP contribution < -0.4 is 16.6 Å². The van der Waals surface area contributed by atoms with E-state index in [9.17, 15) is 0 Å². The van der Waals surface area contributed by atoms with Crippen molar-refractivity contribution in [2.24, 2.45) is 23.8 Å². The zero-order valence-electron chi connectivity index (χ0n) is 10.3. The molecule has 0 amide bonds. The molecule has 1 heterocycles. The van der Waals surface area contributed by atoms with Crippen molar-refractivity contribution in [3.05, 3.63) is 11.9 Å². The summed E-state index contributed by atoms with van der Waals surface area (Å²) >= 11 is 0. The molecule has 0 aliphatic rings. The number of hydrogen-bond donors (Lipinski definition) is 3. The summed E-state index contributed by atoms with van der Waals surface area (Å²) in [5, 5.41) is 7.33. The zero-order valence-corrected chi connectivity index (χ0v) is 10.3. The topological polar surface area (TPSA) is 80.3 Å². The molecule has 0 saturated carbocycles. The fourth-order valence-electron chi connectivity index (χ4n) is 1.24. The number of guanidine groups is 1. The van der Waals surface area contributed by atoms with Crippen molar-refractivity contribution >= 4 is 11.6 Å². The molecule has 0 fully saturated rings. The molecule has 0 unspecified atom stereocenters. The van der Waals surface area contributed by atoms with E-state index >= 15 is 0 Å². The van der Waals surface area contributed by atoms with Crippen LogP contribution in [0.4, 0.5) is 5.69 Å². The number of aromatic nitrogens is 2. The van der Waals surface area contributed by atoms with Crippen LogP contribution in [-0.4, -0.2) is 22.3 Å². The van der Waals surface area contributed by atoms with Gasteiger partial charge < -0.3 is 5.32 Å². The third-order valence-electron chi connectivity index (χ3n) is 2.02. The Balaban J connectivity index is 2.70. The second-order valence-electron chi connectivity index (χ2n) is 4.15. The molecule has 90 valence electrons. The van der Waals surface area contributed by atoms with Crippen molar-refractivity contribution in [1.29, 1.82) is 0 Å². The molecule has 0 aromatic carbocycles. The fraction of sp³-hybridized carbons (Fsp3) is 0.600. The maximum atomic E-state index is 5.39. The highest BCUT2D eigenvalue weighted by Gasteiger charge is 2.05. The summed E-state index contributed by atoms with van der Waals surface area (Å²) in [5.41, 5.74) is 4.36. The monoisotopic (exact) mass is 224 g/mol. The first kappa shape index (κ1) is 12.5. The van der Waals surface area contributed by atoms with Crippen molar-refractivity contribution in [3.8, 4) is 0 Å². The van der Waals surface area contributed by atoms with Gasteiger partial charge in [0.1, 0.15) is 0 Å². The Morgan fingerprint density at radius 3 is 2.75 bits per heavy atom. The number of nitrogens with zero attached hydrogens (tertiary/aromatic N) is 3. The Morgan fingerprint density at radius 2 is 2.31 bits per heavy atom. The number of aryl methyl sites for hydroxylation is 2. The highest BCUT2D eigenvalue weighted by molar-refractivity contribution is 5.93. The number of rotatable bonds is 3. The van der Waals surface area contributed by atoms with E-state index in [1.807, 2.05) is 20.2 Å². The molecule has 1 aromatic heterocycles. The van der Waals surface area contributed by atoms with Gasteiger partial charge in [-0.25, -0.2) is 5.84 Å². The Morgan fingerprint density at radius 1 is 1.62 bits per heavy atom. The van der Waals surface area contributed by atoms with E-state index in [1.54, 1.807) is 4.68 Å². The van der Waals surface area contributed by atoms with Gasteiger partial charge in [0.15, 0.2) is 0 Å². The third kappa shape index (κ3) is 3.54. The van der Waals surface area contributed by atoms with Crippen LogP contribution in [0.25, 0.3) is 0 Å². The lowest BCUT2D eigenvalue weighted by molar-refractivity contribution is 0.663. The molecule has 0 aliphatic heterocycles. The highest BCUT2D eigenvalue weighted by atomic mass is 15.3. The molecular weight excluding hydrogens is 204 g/mol. The molecular formula is C10H20N6. The van der Waals surface area contributed by atoms with Crippen molar-refractivity contribution in [1.82, 2.24) is 15.2 Å². The molecule has 0 aliphatic carbocycles. The first-order valence-corrected chi connectivity index (χ1v) is 5.31. The molecule has 0 saturated heterocycles. The van der Waals surface area contributed by atoms with Gasteiger partial charge in [0, 0.05) is 19.8 Å². The summed E-state index contributed by atoms with van der Waals surface area (Å²) in [6, 6.07) is 0. The Hall–Kier alpha value is -1.56. The lowest BCUT2D eigenvalue weighted by atomic mass is 10.2. The van der Waals surface area contributed by atoms with Gasteiger partial charge in [0.05, 0.1) is 11.4 Å². The van der Waals surface area contributed by atoms with Crippen molar-refractivity contribution in [3.63, 3.8) is 0 Å². The molecule has 0 bridgehead atoms. The molecule has 6 nitrogen and oxygen atoms in total. The largest absolute Gasteiger partial charge is 0.322 e. The summed E-state index contributed by atoms with van der Waals surface area (Å²) in [6.07, 6.45) is 1.89. The van der Waals surface area contributed by atoms with Gasteiger partial charge in [0.25, 0.3) is 0 Å². The van der Waals surface area contributed by atoms with Gasteiger partial charge in [-0.1, -0.05) is 13.8 Å². The summed E-state index contributed by atoms with van der Waals surface area (Å²) in [7, 11) is 1.87. The maximum absolute atomic E-state index is 5.39. The molecule has 1 aromatic rings. The van der Waals surface area contributed by atoms with E-state index in [2.05, 4.69) is 34.7 Å². The second kappa shape index (κ2) is 5.50. The third-order valence-corrected chi connectivity index (χ3v) is 2.02. The average molecular weight is 224 g/mol. The molecule has 0 atom stereocenters.